The van der Waals surface area contributed by atoms with Crippen LogP contribution in [0.3, 0.4) is 0 Å². The molecule has 0 aliphatic heterocycles. The second-order valence-corrected chi connectivity index (χ2v) is 5.73. The van der Waals surface area contributed by atoms with Crippen LogP contribution >= 0.6 is 0 Å². The van der Waals surface area contributed by atoms with Crippen LogP contribution in [-0.2, 0) is 6.42 Å². The lowest BCUT2D eigenvalue weighted by molar-refractivity contribution is 0.581. The number of nitrogens with zero attached hydrogens (tertiary/aromatic N) is 3. The summed E-state index contributed by atoms with van der Waals surface area (Å²) >= 11 is 0. The van der Waals surface area contributed by atoms with E-state index in [-0.39, 0.29) is 11.6 Å². The van der Waals surface area contributed by atoms with Gasteiger partial charge >= 0.3 is 0 Å². The van der Waals surface area contributed by atoms with Gasteiger partial charge in [-0.1, -0.05) is 51.2 Å². The molecule has 0 fully saturated rings. The van der Waals surface area contributed by atoms with Crippen molar-refractivity contribution < 1.29 is 4.39 Å². The first-order chi connectivity index (χ1) is 11.2. The van der Waals surface area contributed by atoms with E-state index in [4.69, 9.17) is 5.26 Å². The highest BCUT2D eigenvalue weighted by molar-refractivity contribution is 5.62. The van der Waals surface area contributed by atoms with Crippen molar-refractivity contribution in [1.82, 2.24) is 9.97 Å². The number of hydrogen-bond acceptors (Lipinski definition) is 3. The molecular formula is C19H22FN3. The number of unbranched alkanes of at least 4 members (excludes halogenated alkanes) is 5. The van der Waals surface area contributed by atoms with Gasteiger partial charge in [0.05, 0.1) is 0 Å². The lowest BCUT2D eigenvalue weighted by atomic mass is 10.0. The van der Waals surface area contributed by atoms with Crippen LogP contribution < -0.4 is 0 Å². The molecule has 0 saturated heterocycles. The highest BCUT2D eigenvalue weighted by Crippen LogP contribution is 2.22. The largest absolute Gasteiger partial charge is 0.232 e. The van der Waals surface area contributed by atoms with Gasteiger partial charge in [0.15, 0.2) is 0 Å². The SMILES string of the molecule is CCCCCCCCc1ccc(-c2cnc(C#N)nc2)cc1F. The fourth-order valence-corrected chi connectivity index (χ4v) is 2.56. The van der Waals surface area contributed by atoms with Gasteiger partial charge in [-0.2, -0.15) is 5.26 Å². The lowest BCUT2D eigenvalue weighted by Gasteiger charge is -2.06. The van der Waals surface area contributed by atoms with Gasteiger partial charge in [-0.3, -0.25) is 0 Å². The van der Waals surface area contributed by atoms with Crippen LogP contribution in [0.15, 0.2) is 30.6 Å². The third-order valence-electron chi connectivity index (χ3n) is 3.94. The zero-order chi connectivity index (χ0) is 16.5. The summed E-state index contributed by atoms with van der Waals surface area (Å²) in [7, 11) is 0. The van der Waals surface area contributed by atoms with Gasteiger partial charge in [-0.25, -0.2) is 14.4 Å². The molecule has 23 heavy (non-hydrogen) atoms. The molecule has 0 aliphatic rings. The van der Waals surface area contributed by atoms with Crippen molar-refractivity contribution in [3.63, 3.8) is 0 Å². The molecule has 1 aromatic heterocycles. The van der Waals surface area contributed by atoms with E-state index < -0.39 is 0 Å². The minimum Gasteiger partial charge on any atom is -0.227 e. The van der Waals surface area contributed by atoms with E-state index in [1.165, 1.54) is 31.7 Å². The Labute approximate surface area is 137 Å². The third-order valence-corrected chi connectivity index (χ3v) is 3.94. The van der Waals surface area contributed by atoms with E-state index in [0.717, 1.165) is 30.4 Å². The first-order valence-electron chi connectivity index (χ1n) is 8.25. The van der Waals surface area contributed by atoms with Crippen molar-refractivity contribution in [1.29, 1.82) is 5.26 Å². The van der Waals surface area contributed by atoms with Crippen LogP contribution in [-0.4, -0.2) is 9.97 Å². The molecule has 1 aromatic carbocycles. The monoisotopic (exact) mass is 311 g/mol. The summed E-state index contributed by atoms with van der Waals surface area (Å²) in [6.07, 6.45) is 11.1. The van der Waals surface area contributed by atoms with Crippen LogP contribution in [0.1, 0.15) is 56.8 Å². The molecule has 0 atom stereocenters. The van der Waals surface area contributed by atoms with Gasteiger partial charge in [0, 0.05) is 18.0 Å². The molecule has 0 N–H and O–H groups in total. The number of hydrogen-bond donors (Lipinski definition) is 0. The Bertz CT molecular complexity index is 659. The predicted octanol–water partition coefficient (Wildman–Crippen LogP) is 5.06. The van der Waals surface area contributed by atoms with Crippen LogP contribution in [0, 0.1) is 17.1 Å². The maximum absolute atomic E-state index is 14.2. The maximum atomic E-state index is 14.2. The van der Waals surface area contributed by atoms with Gasteiger partial charge < -0.3 is 0 Å². The molecule has 0 unspecified atom stereocenters. The molecule has 0 saturated carbocycles. The van der Waals surface area contributed by atoms with E-state index >= 15 is 0 Å². The summed E-state index contributed by atoms with van der Waals surface area (Å²) in [5.74, 6) is -0.0608. The Morgan fingerprint density at radius 2 is 1.70 bits per heavy atom. The number of benzene rings is 1. The molecule has 120 valence electrons. The van der Waals surface area contributed by atoms with E-state index in [2.05, 4.69) is 16.9 Å². The van der Waals surface area contributed by atoms with Gasteiger partial charge in [-0.15, -0.1) is 0 Å². The first kappa shape index (κ1) is 17.1. The molecule has 2 aromatic rings. The Kier molecular flexibility index (Phi) is 6.68. The smallest absolute Gasteiger partial charge is 0.227 e. The summed E-state index contributed by atoms with van der Waals surface area (Å²) in [6.45, 7) is 2.20. The number of aromatic nitrogens is 2. The van der Waals surface area contributed by atoms with Crippen LogP contribution in [0.2, 0.25) is 0 Å². The molecule has 0 bridgehead atoms. The summed E-state index contributed by atoms with van der Waals surface area (Å²) in [6, 6.07) is 7.13. The highest BCUT2D eigenvalue weighted by Gasteiger charge is 2.06. The standard InChI is InChI=1S/C19H22FN3/c1-2-3-4-5-6-7-8-15-9-10-16(11-18(15)20)17-13-22-19(12-21)23-14-17/h9-11,13-14H,2-8H2,1H3. The zero-order valence-corrected chi connectivity index (χ0v) is 13.6. The molecule has 4 heteroatoms. The number of halogens is 1. The lowest BCUT2D eigenvalue weighted by Crippen LogP contribution is -1.94. The predicted molar refractivity (Wildman–Crippen MR) is 89.2 cm³/mol. The maximum Gasteiger partial charge on any atom is 0.232 e. The third kappa shape index (κ3) is 5.14. The second kappa shape index (κ2) is 8.99. The number of aryl methyl sites for hydroxylation is 1. The van der Waals surface area contributed by atoms with Crippen LogP contribution in [0.5, 0.6) is 0 Å². The highest BCUT2D eigenvalue weighted by atomic mass is 19.1. The minimum atomic E-state index is -0.180. The average Bonchev–Trinajstić information content (AvgIpc) is 2.59. The Morgan fingerprint density at radius 3 is 2.35 bits per heavy atom. The molecule has 1 heterocycles. The summed E-state index contributed by atoms with van der Waals surface area (Å²) < 4.78 is 14.2. The first-order valence-corrected chi connectivity index (χ1v) is 8.25. The summed E-state index contributed by atoms with van der Waals surface area (Å²) in [4.78, 5) is 7.83. The number of nitriles is 1. The van der Waals surface area contributed by atoms with E-state index in [1.807, 2.05) is 18.2 Å². The topological polar surface area (TPSA) is 49.6 Å². The zero-order valence-electron chi connectivity index (χ0n) is 13.6. The van der Waals surface area contributed by atoms with Gasteiger partial charge in [0.2, 0.25) is 5.82 Å². The van der Waals surface area contributed by atoms with Crippen molar-refractivity contribution in [2.75, 3.05) is 0 Å². The van der Waals surface area contributed by atoms with Gasteiger partial charge in [-0.05, 0) is 30.0 Å². The number of rotatable bonds is 8. The van der Waals surface area contributed by atoms with Crippen molar-refractivity contribution in [2.45, 2.75) is 51.9 Å². The molecule has 0 spiro atoms. The Hall–Kier alpha value is -2.28. The average molecular weight is 311 g/mol. The Morgan fingerprint density at radius 1 is 1.00 bits per heavy atom. The van der Waals surface area contributed by atoms with Gasteiger partial charge in [0.1, 0.15) is 11.9 Å². The van der Waals surface area contributed by atoms with Crippen LogP contribution in [0.25, 0.3) is 11.1 Å². The molecule has 0 radical (unpaired) electrons. The second-order valence-electron chi connectivity index (χ2n) is 5.73. The quantitative estimate of drug-likeness (QED) is 0.640. The van der Waals surface area contributed by atoms with Crippen molar-refractivity contribution in [2.24, 2.45) is 0 Å². The fraction of sp³-hybridized carbons (Fsp3) is 0.421. The van der Waals surface area contributed by atoms with Crippen LogP contribution in [0.4, 0.5) is 4.39 Å². The Balaban J connectivity index is 1.93. The molecule has 0 amide bonds. The molecule has 2 rings (SSSR count). The van der Waals surface area contributed by atoms with E-state index in [0.29, 0.717) is 5.56 Å². The van der Waals surface area contributed by atoms with Crippen molar-refractivity contribution in [3.05, 3.63) is 47.8 Å². The summed E-state index contributed by atoms with van der Waals surface area (Å²) in [5.41, 5.74) is 2.21. The molecular weight excluding hydrogens is 289 g/mol. The summed E-state index contributed by atoms with van der Waals surface area (Å²) in [5, 5.41) is 8.70. The van der Waals surface area contributed by atoms with Crippen molar-refractivity contribution in [3.8, 4) is 17.2 Å². The fourth-order valence-electron chi connectivity index (χ4n) is 2.56. The van der Waals surface area contributed by atoms with Crippen molar-refractivity contribution >= 4 is 0 Å². The molecule has 0 aliphatic carbocycles. The van der Waals surface area contributed by atoms with Gasteiger partial charge in [0.25, 0.3) is 0 Å². The molecule has 3 nitrogen and oxygen atoms in total. The normalized spacial score (nSPS) is 10.5. The van der Waals surface area contributed by atoms with E-state index in [1.54, 1.807) is 12.4 Å². The van der Waals surface area contributed by atoms with E-state index in [9.17, 15) is 4.39 Å². The minimum absolute atomic E-state index is 0.119.